The zero-order chi connectivity index (χ0) is 9.97. The highest BCUT2D eigenvalue weighted by molar-refractivity contribution is 9.10. The van der Waals surface area contributed by atoms with E-state index in [-0.39, 0.29) is 0 Å². The third kappa shape index (κ3) is 2.15. The summed E-state index contributed by atoms with van der Waals surface area (Å²) in [5, 5.41) is 0. The van der Waals surface area contributed by atoms with Crippen molar-refractivity contribution in [3.05, 3.63) is 28.0 Å². The van der Waals surface area contributed by atoms with Gasteiger partial charge in [-0.1, -0.05) is 0 Å². The first-order chi connectivity index (χ1) is 6.77. The van der Waals surface area contributed by atoms with E-state index in [4.69, 9.17) is 4.74 Å². The molecule has 1 aliphatic heterocycles. The van der Waals surface area contributed by atoms with Crippen LogP contribution in [-0.4, -0.2) is 18.2 Å². The van der Waals surface area contributed by atoms with Gasteiger partial charge in [-0.05, 0) is 47.8 Å². The van der Waals surface area contributed by atoms with E-state index in [1.165, 1.54) is 5.69 Å². The average Bonchev–Trinajstić information content (AvgIpc) is 2.23. The Morgan fingerprint density at radius 2 is 2.07 bits per heavy atom. The molecule has 14 heavy (non-hydrogen) atoms. The van der Waals surface area contributed by atoms with E-state index in [0.717, 1.165) is 36.2 Å². The molecule has 0 unspecified atom stereocenters. The van der Waals surface area contributed by atoms with Crippen LogP contribution in [0.5, 0.6) is 0 Å². The first-order valence-electron chi connectivity index (χ1n) is 4.98. The smallest absolute Gasteiger partial charge is 0.0517 e. The van der Waals surface area contributed by atoms with Gasteiger partial charge in [0.2, 0.25) is 0 Å². The van der Waals surface area contributed by atoms with Gasteiger partial charge in [-0.25, -0.2) is 0 Å². The summed E-state index contributed by atoms with van der Waals surface area (Å²) in [4.78, 5) is 4.59. The van der Waals surface area contributed by atoms with Crippen LogP contribution in [0.1, 0.15) is 30.1 Å². The van der Waals surface area contributed by atoms with Crippen LogP contribution in [0.4, 0.5) is 0 Å². The number of pyridine rings is 1. The monoisotopic (exact) mass is 255 g/mol. The van der Waals surface area contributed by atoms with Gasteiger partial charge in [0.25, 0.3) is 0 Å². The fourth-order valence-corrected chi connectivity index (χ4v) is 2.01. The Hall–Kier alpha value is -0.410. The molecule has 0 aromatic carbocycles. The molecule has 76 valence electrons. The van der Waals surface area contributed by atoms with E-state index in [1.54, 1.807) is 0 Å². The molecule has 2 heterocycles. The van der Waals surface area contributed by atoms with Crippen LogP contribution in [0.2, 0.25) is 0 Å². The Bertz CT molecular complexity index is 321. The summed E-state index contributed by atoms with van der Waals surface area (Å²) in [5.74, 6) is 0.593. The molecule has 2 nitrogen and oxygen atoms in total. The lowest BCUT2D eigenvalue weighted by atomic mass is 9.96. The SMILES string of the molecule is Cc1nc(C2CCOCC2)ccc1Br. The number of ether oxygens (including phenoxy) is 1. The molecule has 0 amide bonds. The molecule has 1 saturated heterocycles. The summed E-state index contributed by atoms with van der Waals surface area (Å²) >= 11 is 3.47. The van der Waals surface area contributed by atoms with E-state index < -0.39 is 0 Å². The topological polar surface area (TPSA) is 22.1 Å². The number of aromatic nitrogens is 1. The number of halogens is 1. The summed E-state index contributed by atoms with van der Waals surface area (Å²) in [6.45, 7) is 3.79. The minimum atomic E-state index is 0.593. The van der Waals surface area contributed by atoms with Gasteiger partial charge in [0, 0.05) is 29.3 Å². The lowest BCUT2D eigenvalue weighted by molar-refractivity contribution is 0.0845. The highest BCUT2D eigenvalue weighted by atomic mass is 79.9. The maximum absolute atomic E-state index is 5.34. The minimum absolute atomic E-state index is 0.593. The quantitative estimate of drug-likeness (QED) is 0.770. The predicted octanol–water partition coefficient (Wildman–Crippen LogP) is 3.05. The molecular weight excluding hydrogens is 242 g/mol. The number of hydrogen-bond donors (Lipinski definition) is 0. The minimum Gasteiger partial charge on any atom is -0.381 e. The molecular formula is C11H14BrNO. The van der Waals surface area contributed by atoms with Crippen LogP contribution in [-0.2, 0) is 4.74 Å². The van der Waals surface area contributed by atoms with Crippen LogP contribution >= 0.6 is 15.9 Å². The van der Waals surface area contributed by atoms with Gasteiger partial charge < -0.3 is 4.74 Å². The second kappa shape index (κ2) is 4.41. The molecule has 1 aromatic rings. The molecule has 0 N–H and O–H groups in total. The third-order valence-corrected chi connectivity index (χ3v) is 3.52. The molecule has 1 fully saturated rings. The maximum atomic E-state index is 5.34. The van der Waals surface area contributed by atoms with Crippen molar-refractivity contribution in [2.45, 2.75) is 25.7 Å². The fourth-order valence-electron chi connectivity index (χ4n) is 1.78. The van der Waals surface area contributed by atoms with E-state index >= 15 is 0 Å². The zero-order valence-corrected chi connectivity index (χ0v) is 9.88. The zero-order valence-electron chi connectivity index (χ0n) is 8.29. The van der Waals surface area contributed by atoms with Crippen LogP contribution < -0.4 is 0 Å². The lowest BCUT2D eigenvalue weighted by Gasteiger charge is -2.21. The van der Waals surface area contributed by atoms with Gasteiger partial charge in [0.1, 0.15) is 0 Å². The largest absolute Gasteiger partial charge is 0.381 e. The van der Waals surface area contributed by atoms with Gasteiger partial charge >= 0.3 is 0 Å². The molecule has 0 spiro atoms. The second-order valence-electron chi connectivity index (χ2n) is 3.69. The van der Waals surface area contributed by atoms with Gasteiger partial charge in [-0.15, -0.1) is 0 Å². The molecule has 2 rings (SSSR count). The van der Waals surface area contributed by atoms with Crippen molar-refractivity contribution < 1.29 is 4.74 Å². The summed E-state index contributed by atoms with van der Waals surface area (Å²) in [7, 11) is 0. The number of rotatable bonds is 1. The number of hydrogen-bond acceptors (Lipinski definition) is 2. The van der Waals surface area contributed by atoms with Gasteiger partial charge in [0.15, 0.2) is 0 Å². The van der Waals surface area contributed by atoms with Crippen LogP contribution in [0.15, 0.2) is 16.6 Å². The van der Waals surface area contributed by atoms with Crippen molar-refractivity contribution in [3.63, 3.8) is 0 Å². The van der Waals surface area contributed by atoms with Crippen molar-refractivity contribution in [2.75, 3.05) is 13.2 Å². The maximum Gasteiger partial charge on any atom is 0.0517 e. The first kappa shape index (κ1) is 10.1. The summed E-state index contributed by atoms with van der Waals surface area (Å²) in [5.41, 5.74) is 2.29. The highest BCUT2D eigenvalue weighted by Crippen LogP contribution is 2.26. The van der Waals surface area contributed by atoms with Gasteiger partial charge in [-0.3, -0.25) is 4.98 Å². The van der Waals surface area contributed by atoms with Gasteiger partial charge in [-0.2, -0.15) is 0 Å². The predicted molar refractivity (Wildman–Crippen MR) is 59.5 cm³/mol. The molecule has 0 atom stereocenters. The van der Waals surface area contributed by atoms with Crippen LogP contribution in [0.3, 0.4) is 0 Å². The van der Waals surface area contributed by atoms with Crippen molar-refractivity contribution in [1.29, 1.82) is 0 Å². The Labute approximate surface area is 92.8 Å². The van der Waals surface area contributed by atoms with Crippen molar-refractivity contribution >= 4 is 15.9 Å². The van der Waals surface area contributed by atoms with Crippen molar-refractivity contribution in [2.24, 2.45) is 0 Å². The molecule has 0 aliphatic carbocycles. The number of nitrogens with zero attached hydrogens (tertiary/aromatic N) is 1. The Morgan fingerprint density at radius 1 is 1.36 bits per heavy atom. The summed E-state index contributed by atoms with van der Waals surface area (Å²) < 4.78 is 6.43. The molecule has 0 bridgehead atoms. The van der Waals surface area contributed by atoms with Crippen LogP contribution in [0, 0.1) is 6.92 Å². The lowest BCUT2D eigenvalue weighted by Crippen LogP contribution is -2.15. The highest BCUT2D eigenvalue weighted by Gasteiger charge is 2.17. The van der Waals surface area contributed by atoms with E-state index in [9.17, 15) is 0 Å². The van der Waals surface area contributed by atoms with E-state index in [2.05, 4.69) is 33.0 Å². The Kier molecular flexibility index (Phi) is 3.19. The molecule has 0 saturated carbocycles. The van der Waals surface area contributed by atoms with E-state index in [1.807, 2.05) is 6.92 Å². The molecule has 1 aliphatic rings. The van der Waals surface area contributed by atoms with E-state index in [0.29, 0.717) is 5.92 Å². The fraction of sp³-hybridized carbons (Fsp3) is 0.545. The number of aryl methyl sites for hydroxylation is 1. The normalized spacial score (nSPS) is 18.4. The first-order valence-corrected chi connectivity index (χ1v) is 5.77. The molecule has 1 aromatic heterocycles. The van der Waals surface area contributed by atoms with Crippen molar-refractivity contribution in [3.8, 4) is 0 Å². The molecule has 3 heteroatoms. The second-order valence-corrected chi connectivity index (χ2v) is 4.54. The molecule has 0 radical (unpaired) electrons. The third-order valence-electron chi connectivity index (χ3n) is 2.68. The summed E-state index contributed by atoms with van der Waals surface area (Å²) in [6.07, 6.45) is 2.21. The average molecular weight is 256 g/mol. The van der Waals surface area contributed by atoms with Crippen LogP contribution in [0.25, 0.3) is 0 Å². The Balaban J connectivity index is 2.18. The standard InChI is InChI=1S/C11H14BrNO/c1-8-10(12)2-3-11(13-8)9-4-6-14-7-5-9/h2-3,9H,4-7H2,1H3. The van der Waals surface area contributed by atoms with Crippen molar-refractivity contribution in [1.82, 2.24) is 4.98 Å². The van der Waals surface area contributed by atoms with Gasteiger partial charge in [0.05, 0.1) is 5.69 Å². The summed E-state index contributed by atoms with van der Waals surface area (Å²) in [6, 6.07) is 4.21. The Morgan fingerprint density at radius 3 is 2.71 bits per heavy atom.